The van der Waals surface area contributed by atoms with Crippen molar-refractivity contribution in [2.75, 3.05) is 7.11 Å². The van der Waals surface area contributed by atoms with E-state index >= 15 is 0 Å². The van der Waals surface area contributed by atoms with Gasteiger partial charge in [0.15, 0.2) is 0 Å². The smallest absolute Gasteiger partial charge is 0.225 e. The lowest BCUT2D eigenvalue weighted by atomic mass is 9.99. The van der Waals surface area contributed by atoms with Gasteiger partial charge in [-0.2, -0.15) is 0 Å². The van der Waals surface area contributed by atoms with Crippen LogP contribution in [-0.4, -0.2) is 18.0 Å². The van der Waals surface area contributed by atoms with Crippen LogP contribution in [0.4, 0.5) is 0 Å². The van der Waals surface area contributed by atoms with Gasteiger partial charge >= 0.3 is 0 Å². The summed E-state index contributed by atoms with van der Waals surface area (Å²) in [5, 5.41) is 3.13. The maximum Gasteiger partial charge on any atom is 0.225 e. The number of nitrogens with zero attached hydrogens (tertiary/aromatic N) is 1. The Bertz CT molecular complexity index is 861. The molecule has 4 heteroatoms. The number of ether oxygens (including phenoxy) is 1. The van der Waals surface area contributed by atoms with Crippen LogP contribution < -0.4 is 10.1 Å². The van der Waals surface area contributed by atoms with Crippen LogP contribution in [-0.2, 0) is 11.2 Å². The van der Waals surface area contributed by atoms with Crippen molar-refractivity contribution in [2.45, 2.75) is 19.4 Å². The average Bonchev–Trinajstić information content (AvgIpc) is 2.68. The predicted molar refractivity (Wildman–Crippen MR) is 102 cm³/mol. The van der Waals surface area contributed by atoms with Gasteiger partial charge in [0, 0.05) is 12.4 Å². The molecule has 1 amide bonds. The Hall–Kier alpha value is -3.14. The zero-order valence-electron chi connectivity index (χ0n) is 15.0. The van der Waals surface area contributed by atoms with E-state index in [1.165, 1.54) is 5.56 Å². The van der Waals surface area contributed by atoms with Crippen LogP contribution in [0.25, 0.3) is 0 Å². The van der Waals surface area contributed by atoms with Gasteiger partial charge in [0.25, 0.3) is 0 Å². The first-order valence-corrected chi connectivity index (χ1v) is 8.54. The van der Waals surface area contributed by atoms with Crippen molar-refractivity contribution in [3.8, 4) is 5.75 Å². The molecule has 1 aromatic heterocycles. The van der Waals surface area contributed by atoms with Gasteiger partial charge in [0.05, 0.1) is 19.6 Å². The first-order valence-electron chi connectivity index (χ1n) is 8.54. The number of rotatable bonds is 6. The Balaban J connectivity index is 1.83. The molecule has 1 N–H and O–H groups in total. The third kappa shape index (κ3) is 4.48. The first-order chi connectivity index (χ1) is 12.7. The molecule has 0 aliphatic carbocycles. The van der Waals surface area contributed by atoms with E-state index < -0.39 is 0 Å². The highest BCUT2D eigenvalue weighted by Crippen LogP contribution is 2.25. The lowest BCUT2D eigenvalue weighted by Gasteiger charge is -2.20. The maximum atomic E-state index is 12.6. The fourth-order valence-electron chi connectivity index (χ4n) is 2.83. The van der Waals surface area contributed by atoms with Gasteiger partial charge in [-0.15, -0.1) is 0 Å². The van der Waals surface area contributed by atoms with Crippen molar-refractivity contribution < 1.29 is 9.53 Å². The van der Waals surface area contributed by atoms with Gasteiger partial charge in [0.2, 0.25) is 5.91 Å². The first kappa shape index (κ1) is 17.7. The van der Waals surface area contributed by atoms with E-state index in [0.717, 1.165) is 22.4 Å². The maximum absolute atomic E-state index is 12.6. The van der Waals surface area contributed by atoms with Crippen LogP contribution in [0, 0.1) is 6.92 Å². The summed E-state index contributed by atoms with van der Waals surface area (Å²) in [6.07, 6.45) is 3.83. The van der Waals surface area contributed by atoms with Crippen molar-refractivity contribution in [3.05, 3.63) is 95.3 Å². The summed E-state index contributed by atoms with van der Waals surface area (Å²) in [5.41, 5.74) is 4.05. The summed E-state index contributed by atoms with van der Waals surface area (Å²) in [5.74, 6) is 0.717. The number of aromatic nitrogens is 1. The highest BCUT2D eigenvalue weighted by atomic mass is 16.5. The summed E-state index contributed by atoms with van der Waals surface area (Å²) in [7, 11) is 1.63. The molecule has 1 atom stereocenters. The molecule has 2 aromatic carbocycles. The molecule has 1 unspecified atom stereocenters. The summed E-state index contributed by atoms with van der Waals surface area (Å²) in [6.45, 7) is 2.03. The van der Waals surface area contributed by atoms with E-state index in [9.17, 15) is 4.79 Å². The molecule has 0 bridgehead atoms. The topological polar surface area (TPSA) is 51.2 Å². The molecule has 0 saturated heterocycles. The van der Waals surface area contributed by atoms with Gasteiger partial charge in [-0.25, -0.2) is 0 Å². The number of amides is 1. The molecule has 0 radical (unpaired) electrons. The molecule has 1 heterocycles. The van der Waals surface area contributed by atoms with Crippen LogP contribution >= 0.6 is 0 Å². The molecular weight excluding hydrogens is 324 g/mol. The van der Waals surface area contributed by atoms with E-state index in [1.54, 1.807) is 19.5 Å². The summed E-state index contributed by atoms with van der Waals surface area (Å²) in [6, 6.07) is 19.3. The molecule has 0 spiro atoms. The highest BCUT2D eigenvalue weighted by Gasteiger charge is 2.18. The number of carbonyl (C=O) groups is 1. The van der Waals surface area contributed by atoms with E-state index in [-0.39, 0.29) is 11.9 Å². The van der Waals surface area contributed by atoms with Crippen LogP contribution in [0.1, 0.15) is 28.3 Å². The van der Waals surface area contributed by atoms with Crippen molar-refractivity contribution in [1.82, 2.24) is 10.3 Å². The Morgan fingerprint density at radius 3 is 2.54 bits per heavy atom. The molecule has 0 fully saturated rings. The number of carbonyl (C=O) groups excluding carboxylic acids is 1. The van der Waals surface area contributed by atoms with E-state index in [0.29, 0.717) is 6.42 Å². The van der Waals surface area contributed by atoms with Crippen molar-refractivity contribution in [2.24, 2.45) is 0 Å². The normalized spacial score (nSPS) is 11.6. The second kappa shape index (κ2) is 8.30. The van der Waals surface area contributed by atoms with Gasteiger partial charge in [-0.1, -0.05) is 48.0 Å². The van der Waals surface area contributed by atoms with Gasteiger partial charge in [-0.3, -0.25) is 9.78 Å². The molecule has 3 rings (SSSR count). The third-order valence-corrected chi connectivity index (χ3v) is 4.24. The van der Waals surface area contributed by atoms with Gasteiger partial charge < -0.3 is 10.1 Å². The van der Waals surface area contributed by atoms with Crippen molar-refractivity contribution >= 4 is 5.91 Å². The van der Waals surface area contributed by atoms with Crippen LogP contribution in [0.15, 0.2) is 73.1 Å². The number of hydrogen-bond acceptors (Lipinski definition) is 3. The summed E-state index contributed by atoms with van der Waals surface area (Å²) >= 11 is 0. The number of benzene rings is 2. The van der Waals surface area contributed by atoms with Crippen LogP contribution in [0.2, 0.25) is 0 Å². The number of pyridine rings is 1. The standard InChI is InChI=1S/C22H22N2O2/c1-16-8-10-17(11-9-16)13-21(25)24-22(19-6-4-12-23-15-19)18-5-3-7-20(14-18)26-2/h3-12,14-15,22H,13H2,1-2H3,(H,24,25). The minimum atomic E-state index is -0.281. The second-order valence-electron chi connectivity index (χ2n) is 6.23. The van der Waals surface area contributed by atoms with Crippen molar-refractivity contribution in [3.63, 3.8) is 0 Å². The van der Waals surface area contributed by atoms with Crippen LogP contribution in [0.3, 0.4) is 0 Å². The fraction of sp³-hybridized carbons (Fsp3) is 0.182. The molecule has 4 nitrogen and oxygen atoms in total. The predicted octanol–water partition coefficient (Wildman–Crippen LogP) is 3.85. The Morgan fingerprint density at radius 1 is 1.08 bits per heavy atom. The molecular formula is C22H22N2O2. The van der Waals surface area contributed by atoms with E-state index in [2.05, 4.69) is 10.3 Å². The lowest BCUT2D eigenvalue weighted by molar-refractivity contribution is -0.120. The SMILES string of the molecule is COc1cccc(C(NC(=O)Cc2ccc(C)cc2)c2cccnc2)c1. The molecule has 3 aromatic rings. The number of aryl methyl sites for hydroxylation is 1. The number of hydrogen-bond donors (Lipinski definition) is 1. The monoisotopic (exact) mass is 346 g/mol. The molecule has 26 heavy (non-hydrogen) atoms. The summed E-state index contributed by atoms with van der Waals surface area (Å²) in [4.78, 5) is 16.8. The molecule has 0 aliphatic rings. The molecule has 132 valence electrons. The third-order valence-electron chi connectivity index (χ3n) is 4.24. The quantitative estimate of drug-likeness (QED) is 0.738. The lowest BCUT2D eigenvalue weighted by Crippen LogP contribution is -2.30. The molecule has 0 aliphatic heterocycles. The number of nitrogens with one attached hydrogen (secondary N) is 1. The van der Waals surface area contributed by atoms with Crippen molar-refractivity contribution in [1.29, 1.82) is 0 Å². The minimum absolute atomic E-state index is 0.0365. The zero-order chi connectivity index (χ0) is 18.4. The Labute approximate surface area is 153 Å². The second-order valence-corrected chi connectivity index (χ2v) is 6.23. The van der Waals surface area contributed by atoms with E-state index in [4.69, 9.17) is 4.74 Å². The zero-order valence-corrected chi connectivity index (χ0v) is 15.0. The Kier molecular flexibility index (Phi) is 5.64. The average molecular weight is 346 g/mol. The van der Waals surface area contributed by atoms with Gasteiger partial charge in [-0.05, 0) is 41.8 Å². The minimum Gasteiger partial charge on any atom is -0.497 e. The summed E-state index contributed by atoms with van der Waals surface area (Å²) < 4.78 is 5.32. The van der Waals surface area contributed by atoms with E-state index in [1.807, 2.05) is 67.6 Å². The largest absolute Gasteiger partial charge is 0.497 e. The fourth-order valence-corrected chi connectivity index (χ4v) is 2.83. The molecule has 0 saturated carbocycles. The van der Waals surface area contributed by atoms with Gasteiger partial charge in [0.1, 0.15) is 5.75 Å². The highest BCUT2D eigenvalue weighted by molar-refractivity contribution is 5.79. The number of methoxy groups -OCH3 is 1. The Morgan fingerprint density at radius 2 is 1.85 bits per heavy atom. The van der Waals surface area contributed by atoms with Crippen LogP contribution in [0.5, 0.6) is 5.75 Å².